The zero-order chi connectivity index (χ0) is 17.4. The Morgan fingerprint density at radius 1 is 1.33 bits per heavy atom. The SMILES string of the molecule is CC=Cc1ccc(OCC(=O)Nc2nnc(CCC)s2)c(OC)c1. The summed E-state index contributed by atoms with van der Waals surface area (Å²) in [5.74, 6) is 0.818. The summed E-state index contributed by atoms with van der Waals surface area (Å²) in [5.41, 5.74) is 1.00. The van der Waals surface area contributed by atoms with Crippen molar-refractivity contribution in [3.8, 4) is 11.5 Å². The normalized spacial score (nSPS) is 10.8. The number of hydrogen-bond donors (Lipinski definition) is 1. The van der Waals surface area contributed by atoms with Crippen molar-refractivity contribution in [3.05, 3.63) is 34.8 Å². The number of benzene rings is 1. The van der Waals surface area contributed by atoms with Gasteiger partial charge in [0.2, 0.25) is 5.13 Å². The predicted octanol–water partition coefficient (Wildman–Crippen LogP) is 3.55. The van der Waals surface area contributed by atoms with E-state index in [9.17, 15) is 4.79 Å². The lowest BCUT2D eigenvalue weighted by Gasteiger charge is -2.10. The Morgan fingerprint density at radius 2 is 2.17 bits per heavy atom. The molecule has 0 atom stereocenters. The third-order valence-electron chi connectivity index (χ3n) is 3.08. The van der Waals surface area contributed by atoms with Crippen LogP contribution in [0.3, 0.4) is 0 Å². The lowest BCUT2D eigenvalue weighted by Crippen LogP contribution is -2.20. The first kappa shape index (κ1) is 17.9. The summed E-state index contributed by atoms with van der Waals surface area (Å²) >= 11 is 1.38. The van der Waals surface area contributed by atoms with Crippen molar-refractivity contribution in [3.63, 3.8) is 0 Å². The molecule has 7 heteroatoms. The van der Waals surface area contributed by atoms with Gasteiger partial charge in [0.05, 0.1) is 7.11 Å². The number of carbonyl (C=O) groups is 1. The van der Waals surface area contributed by atoms with Gasteiger partial charge in [-0.1, -0.05) is 36.5 Å². The summed E-state index contributed by atoms with van der Waals surface area (Å²) in [6, 6.07) is 5.54. The number of amides is 1. The van der Waals surface area contributed by atoms with Crippen molar-refractivity contribution < 1.29 is 14.3 Å². The number of rotatable bonds is 8. The van der Waals surface area contributed by atoms with Crippen LogP contribution in [0, 0.1) is 0 Å². The maximum atomic E-state index is 12.0. The van der Waals surface area contributed by atoms with Gasteiger partial charge in [0.25, 0.3) is 5.91 Å². The molecule has 0 spiro atoms. The molecule has 0 bridgehead atoms. The molecule has 128 valence electrons. The van der Waals surface area contributed by atoms with Crippen molar-refractivity contribution in [2.45, 2.75) is 26.7 Å². The molecule has 1 N–H and O–H groups in total. The van der Waals surface area contributed by atoms with E-state index >= 15 is 0 Å². The van der Waals surface area contributed by atoms with E-state index in [4.69, 9.17) is 9.47 Å². The molecular formula is C17H21N3O3S. The van der Waals surface area contributed by atoms with E-state index in [0.29, 0.717) is 16.6 Å². The molecule has 0 aliphatic carbocycles. The van der Waals surface area contributed by atoms with Gasteiger partial charge in [-0.2, -0.15) is 0 Å². The summed E-state index contributed by atoms with van der Waals surface area (Å²) in [7, 11) is 1.57. The van der Waals surface area contributed by atoms with Crippen LogP contribution in [0.1, 0.15) is 30.8 Å². The minimum Gasteiger partial charge on any atom is -0.493 e. The van der Waals surface area contributed by atoms with Crippen LogP contribution in [0.2, 0.25) is 0 Å². The van der Waals surface area contributed by atoms with Gasteiger partial charge in [-0.15, -0.1) is 10.2 Å². The van der Waals surface area contributed by atoms with Crippen LogP contribution in [0.25, 0.3) is 6.08 Å². The number of aromatic nitrogens is 2. The van der Waals surface area contributed by atoms with Gasteiger partial charge in [0.1, 0.15) is 5.01 Å². The van der Waals surface area contributed by atoms with Crippen molar-refractivity contribution in [1.82, 2.24) is 10.2 Å². The van der Waals surface area contributed by atoms with Gasteiger partial charge in [0.15, 0.2) is 18.1 Å². The quantitative estimate of drug-likeness (QED) is 0.790. The molecule has 1 aromatic carbocycles. The maximum absolute atomic E-state index is 12.0. The number of allylic oxidation sites excluding steroid dienone is 1. The first-order chi connectivity index (χ1) is 11.7. The fourth-order valence-corrected chi connectivity index (χ4v) is 2.87. The number of anilines is 1. The highest BCUT2D eigenvalue weighted by atomic mass is 32.1. The van der Waals surface area contributed by atoms with E-state index in [1.165, 1.54) is 11.3 Å². The van der Waals surface area contributed by atoms with Crippen LogP contribution < -0.4 is 14.8 Å². The zero-order valence-corrected chi connectivity index (χ0v) is 14.9. The number of aryl methyl sites for hydroxylation is 1. The van der Waals surface area contributed by atoms with Crippen LogP contribution in [-0.4, -0.2) is 29.8 Å². The van der Waals surface area contributed by atoms with Crippen LogP contribution in [0.5, 0.6) is 11.5 Å². The smallest absolute Gasteiger partial charge is 0.264 e. The van der Waals surface area contributed by atoms with E-state index in [2.05, 4.69) is 22.4 Å². The molecule has 0 aliphatic rings. The number of nitrogens with zero attached hydrogens (tertiary/aromatic N) is 2. The molecule has 6 nitrogen and oxygen atoms in total. The molecule has 1 heterocycles. The monoisotopic (exact) mass is 347 g/mol. The Bertz CT molecular complexity index is 713. The third kappa shape index (κ3) is 5.06. The molecule has 0 unspecified atom stereocenters. The Balaban J connectivity index is 1.93. The molecule has 2 rings (SSSR count). The lowest BCUT2D eigenvalue weighted by atomic mass is 10.2. The fraction of sp³-hybridized carbons (Fsp3) is 0.353. The molecule has 0 radical (unpaired) electrons. The Hall–Kier alpha value is -2.41. The first-order valence-electron chi connectivity index (χ1n) is 7.72. The van der Waals surface area contributed by atoms with Gasteiger partial charge >= 0.3 is 0 Å². The molecule has 1 amide bonds. The van der Waals surface area contributed by atoms with Gasteiger partial charge in [0, 0.05) is 6.42 Å². The average Bonchev–Trinajstić information content (AvgIpc) is 3.01. The second-order valence-electron chi connectivity index (χ2n) is 5.00. The fourth-order valence-electron chi connectivity index (χ4n) is 2.02. The molecule has 2 aromatic rings. The van der Waals surface area contributed by atoms with E-state index in [1.54, 1.807) is 13.2 Å². The molecular weight excluding hydrogens is 326 g/mol. The zero-order valence-electron chi connectivity index (χ0n) is 14.0. The molecule has 0 aliphatic heterocycles. The molecule has 1 aromatic heterocycles. The Morgan fingerprint density at radius 3 is 2.88 bits per heavy atom. The largest absolute Gasteiger partial charge is 0.493 e. The topological polar surface area (TPSA) is 73.3 Å². The predicted molar refractivity (Wildman–Crippen MR) is 95.7 cm³/mol. The van der Waals surface area contributed by atoms with E-state index in [1.807, 2.05) is 31.2 Å². The third-order valence-corrected chi connectivity index (χ3v) is 3.98. The highest BCUT2D eigenvalue weighted by Gasteiger charge is 2.11. The van der Waals surface area contributed by atoms with Crippen molar-refractivity contribution in [1.29, 1.82) is 0 Å². The highest BCUT2D eigenvalue weighted by Crippen LogP contribution is 2.28. The maximum Gasteiger partial charge on any atom is 0.264 e. The van der Waals surface area contributed by atoms with Crippen molar-refractivity contribution >= 4 is 28.5 Å². The standard InChI is InChI=1S/C17H21N3O3S/c1-4-6-12-8-9-13(14(10-12)22-3)23-11-15(21)18-17-20-19-16(24-17)7-5-2/h4,6,8-10H,5,7,11H2,1-3H3,(H,18,20,21). The molecule has 0 saturated carbocycles. The van der Waals surface area contributed by atoms with Crippen molar-refractivity contribution in [2.75, 3.05) is 19.0 Å². The van der Waals surface area contributed by atoms with Gasteiger partial charge in [-0.3, -0.25) is 10.1 Å². The van der Waals surface area contributed by atoms with E-state index < -0.39 is 0 Å². The second kappa shape index (κ2) is 9.02. The van der Waals surface area contributed by atoms with Crippen LogP contribution in [-0.2, 0) is 11.2 Å². The number of hydrogen-bond acceptors (Lipinski definition) is 6. The minimum atomic E-state index is -0.284. The molecule has 0 saturated heterocycles. The Kier molecular flexibility index (Phi) is 6.74. The van der Waals surface area contributed by atoms with Crippen LogP contribution in [0.15, 0.2) is 24.3 Å². The first-order valence-corrected chi connectivity index (χ1v) is 8.53. The minimum absolute atomic E-state index is 0.123. The van der Waals surface area contributed by atoms with E-state index in [-0.39, 0.29) is 12.5 Å². The summed E-state index contributed by atoms with van der Waals surface area (Å²) < 4.78 is 10.8. The highest BCUT2D eigenvalue weighted by molar-refractivity contribution is 7.15. The van der Waals surface area contributed by atoms with Gasteiger partial charge in [-0.25, -0.2) is 0 Å². The average molecular weight is 347 g/mol. The summed E-state index contributed by atoms with van der Waals surface area (Å²) in [5, 5.41) is 12.1. The van der Waals surface area contributed by atoms with Crippen LogP contribution in [0.4, 0.5) is 5.13 Å². The number of carbonyl (C=O) groups excluding carboxylic acids is 1. The van der Waals surface area contributed by atoms with Crippen LogP contribution >= 0.6 is 11.3 Å². The molecule has 0 fully saturated rings. The summed E-state index contributed by atoms with van der Waals surface area (Å²) in [4.78, 5) is 12.0. The molecule has 24 heavy (non-hydrogen) atoms. The number of ether oxygens (including phenoxy) is 2. The second-order valence-corrected chi connectivity index (χ2v) is 6.06. The van der Waals surface area contributed by atoms with Crippen molar-refractivity contribution in [2.24, 2.45) is 0 Å². The van der Waals surface area contributed by atoms with Gasteiger partial charge in [-0.05, 0) is 31.0 Å². The summed E-state index contributed by atoms with van der Waals surface area (Å²) in [6.07, 6.45) is 5.76. The number of nitrogens with one attached hydrogen (secondary N) is 1. The van der Waals surface area contributed by atoms with E-state index in [0.717, 1.165) is 23.4 Å². The Labute approximate surface area is 145 Å². The summed E-state index contributed by atoms with van der Waals surface area (Å²) in [6.45, 7) is 3.89. The van der Waals surface area contributed by atoms with Gasteiger partial charge < -0.3 is 9.47 Å². The number of methoxy groups -OCH3 is 1. The lowest BCUT2D eigenvalue weighted by molar-refractivity contribution is -0.118.